The molecule has 1 N–H and O–H groups in total. The smallest absolute Gasteiger partial charge is 0.263 e. The van der Waals surface area contributed by atoms with Crippen LogP contribution in [0.2, 0.25) is 5.02 Å². The number of halogens is 1. The molecule has 120 valence electrons. The molecule has 0 aliphatic heterocycles. The first-order chi connectivity index (χ1) is 10.8. The zero-order chi connectivity index (χ0) is 16.8. The molecule has 23 heavy (non-hydrogen) atoms. The Hall–Kier alpha value is -2.12. The molecule has 0 amide bonds. The summed E-state index contributed by atoms with van der Waals surface area (Å²) in [6.45, 7) is 3.69. The Balaban J connectivity index is 2.02. The van der Waals surface area contributed by atoms with Crippen molar-refractivity contribution >= 4 is 38.3 Å². The molecule has 0 saturated heterocycles. The molecule has 2 heterocycles. The molecular weight excluding hydrogens is 336 g/mol. The quantitative estimate of drug-likeness (QED) is 0.787. The van der Waals surface area contributed by atoms with E-state index in [0.717, 1.165) is 16.6 Å². The molecule has 0 aliphatic carbocycles. The van der Waals surface area contributed by atoms with E-state index in [-0.39, 0.29) is 9.92 Å². The second-order valence-electron chi connectivity index (χ2n) is 5.34. The van der Waals surface area contributed by atoms with Crippen LogP contribution in [0.15, 0.2) is 35.4 Å². The maximum atomic E-state index is 12.5. The Morgan fingerprint density at radius 3 is 2.65 bits per heavy atom. The number of sulfonamides is 1. The van der Waals surface area contributed by atoms with Gasteiger partial charge in [-0.25, -0.2) is 13.4 Å². The second-order valence-corrected chi connectivity index (χ2v) is 7.40. The van der Waals surface area contributed by atoms with Crippen LogP contribution in [0.3, 0.4) is 0 Å². The summed E-state index contributed by atoms with van der Waals surface area (Å²) in [6, 6.07) is 6.52. The minimum atomic E-state index is -3.78. The van der Waals surface area contributed by atoms with Crippen molar-refractivity contribution in [3.63, 3.8) is 0 Å². The van der Waals surface area contributed by atoms with E-state index in [0.29, 0.717) is 11.3 Å². The van der Waals surface area contributed by atoms with Gasteiger partial charge in [0.2, 0.25) is 0 Å². The fourth-order valence-electron chi connectivity index (χ4n) is 2.40. The number of fused-ring (bicyclic) bond motifs is 1. The lowest BCUT2D eigenvalue weighted by atomic mass is 10.2. The van der Waals surface area contributed by atoms with Gasteiger partial charge in [-0.05, 0) is 37.6 Å². The van der Waals surface area contributed by atoms with Crippen LogP contribution in [0.1, 0.15) is 11.3 Å². The molecule has 3 rings (SSSR count). The lowest BCUT2D eigenvalue weighted by molar-refractivity contribution is 0.601. The van der Waals surface area contributed by atoms with Crippen LogP contribution in [0.25, 0.3) is 11.0 Å². The summed E-state index contributed by atoms with van der Waals surface area (Å²) in [5.41, 5.74) is 2.73. The standard InChI is InChI=1S/C15H15ClN4O2S/c1-9-4-5-14(13(16)6-9)23(21,22)19-11-7-12-10(2)18-20(3)15(12)17-8-11/h4-8,19H,1-3H3. The summed E-state index contributed by atoms with van der Waals surface area (Å²) >= 11 is 6.06. The van der Waals surface area contributed by atoms with E-state index in [1.54, 1.807) is 29.9 Å². The Kier molecular flexibility index (Phi) is 3.77. The van der Waals surface area contributed by atoms with E-state index in [4.69, 9.17) is 11.6 Å². The van der Waals surface area contributed by atoms with Crippen molar-refractivity contribution in [3.8, 4) is 0 Å². The predicted octanol–water partition coefficient (Wildman–Crippen LogP) is 3.04. The van der Waals surface area contributed by atoms with Gasteiger partial charge in [0, 0.05) is 12.4 Å². The number of anilines is 1. The zero-order valence-electron chi connectivity index (χ0n) is 12.8. The van der Waals surface area contributed by atoms with E-state index in [9.17, 15) is 8.42 Å². The number of benzene rings is 1. The molecule has 8 heteroatoms. The number of hydrogen-bond donors (Lipinski definition) is 1. The first-order valence-electron chi connectivity index (χ1n) is 6.86. The van der Waals surface area contributed by atoms with E-state index in [2.05, 4.69) is 14.8 Å². The van der Waals surface area contributed by atoms with Gasteiger partial charge in [-0.3, -0.25) is 9.40 Å². The highest BCUT2D eigenvalue weighted by atomic mass is 35.5. The van der Waals surface area contributed by atoms with Crippen LogP contribution in [0, 0.1) is 13.8 Å². The second kappa shape index (κ2) is 5.50. The summed E-state index contributed by atoms with van der Waals surface area (Å²) in [6.07, 6.45) is 1.46. The van der Waals surface area contributed by atoms with E-state index in [1.807, 2.05) is 13.8 Å². The summed E-state index contributed by atoms with van der Waals surface area (Å²) in [4.78, 5) is 4.29. The molecule has 0 atom stereocenters. The highest BCUT2D eigenvalue weighted by Crippen LogP contribution is 2.26. The third-order valence-electron chi connectivity index (χ3n) is 3.49. The molecule has 0 aliphatic rings. The number of aryl methyl sites for hydroxylation is 3. The third kappa shape index (κ3) is 2.89. The van der Waals surface area contributed by atoms with Gasteiger partial charge in [-0.2, -0.15) is 5.10 Å². The maximum absolute atomic E-state index is 12.5. The molecule has 3 aromatic rings. The summed E-state index contributed by atoms with van der Waals surface area (Å²) in [5.74, 6) is 0. The SMILES string of the molecule is Cc1ccc(S(=O)(=O)Nc2cnc3c(c2)c(C)nn3C)c(Cl)c1. The Morgan fingerprint density at radius 2 is 1.96 bits per heavy atom. The van der Waals surface area contributed by atoms with Gasteiger partial charge in [0.25, 0.3) is 10.0 Å². The Morgan fingerprint density at radius 1 is 1.22 bits per heavy atom. The molecule has 0 unspecified atom stereocenters. The first kappa shape index (κ1) is 15.8. The zero-order valence-corrected chi connectivity index (χ0v) is 14.4. The monoisotopic (exact) mass is 350 g/mol. The fraction of sp³-hybridized carbons (Fsp3) is 0.200. The van der Waals surface area contributed by atoms with Gasteiger partial charge in [0.15, 0.2) is 5.65 Å². The molecule has 0 saturated carbocycles. The highest BCUT2D eigenvalue weighted by Gasteiger charge is 2.19. The number of nitrogens with zero attached hydrogens (tertiary/aromatic N) is 3. The van der Waals surface area contributed by atoms with E-state index in [1.165, 1.54) is 12.3 Å². The Bertz CT molecular complexity index is 1010. The van der Waals surface area contributed by atoms with Gasteiger partial charge in [-0.15, -0.1) is 0 Å². The van der Waals surface area contributed by atoms with Crippen molar-refractivity contribution < 1.29 is 8.42 Å². The van der Waals surface area contributed by atoms with Gasteiger partial charge in [0.1, 0.15) is 4.90 Å². The lowest BCUT2D eigenvalue weighted by Crippen LogP contribution is -2.13. The lowest BCUT2D eigenvalue weighted by Gasteiger charge is -2.10. The highest BCUT2D eigenvalue weighted by molar-refractivity contribution is 7.92. The average molecular weight is 351 g/mol. The normalized spacial score (nSPS) is 11.8. The van der Waals surface area contributed by atoms with Crippen LogP contribution in [-0.2, 0) is 17.1 Å². The average Bonchev–Trinajstić information content (AvgIpc) is 2.72. The van der Waals surface area contributed by atoms with Crippen molar-refractivity contribution in [2.24, 2.45) is 7.05 Å². The Labute approximate surface area is 139 Å². The van der Waals surface area contributed by atoms with Crippen LogP contribution in [0.4, 0.5) is 5.69 Å². The topological polar surface area (TPSA) is 76.9 Å². The molecule has 0 radical (unpaired) electrons. The van der Waals surface area contributed by atoms with Gasteiger partial charge in [0.05, 0.1) is 22.6 Å². The molecule has 6 nitrogen and oxygen atoms in total. The summed E-state index contributed by atoms with van der Waals surface area (Å²) < 4.78 is 29.2. The largest absolute Gasteiger partial charge is 0.278 e. The molecule has 0 fully saturated rings. The predicted molar refractivity (Wildman–Crippen MR) is 90.2 cm³/mol. The van der Waals surface area contributed by atoms with Crippen LogP contribution >= 0.6 is 11.6 Å². The summed E-state index contributed by atoms with van der Waals surface area (Å²) in [5, 5.41) is 5.24. The van der Waals surface area contributed by atoms with Crippen molar-refractivity contribution in [3.05, 3.63) is 46.7 Å². The minimum absolute atomic E-state index is 0.0350. The minimum Gasteiger partial charge on any atom is -0.278 e. The van der Waals surface area contributed by atoms with Gasteiger partial charge in [-0.1, -0.05) is 17.7 Å². The third-order valence-corrected chi connectivity index (χ3v) is 5.36. The first-order valence-corrected chi connectivity index (χ1v) is 8.72. The van der Waals surface area contributed by atoms with Crippen LogP contribution < -0.4 is 4.72 Å². The van der Waals surface area contributed by atoms with Crippen molar-refractivity contribution in [2.75, 3.05) is 4.72 Å². The van der Waals surface area contributed by atoms with Gasteiger partial charge < -0.3 is 0 Å². The van der Waals surface area contributed by atoms with Gasteiger partial charge >= 0.3 is 0 Å². The molecule has 2 aromatic heterocycles. The number of rotatable bonds is 3. The molecule has 0 bridgehead atoms. The van der Waals surface area contributed by atoms with E-state index < -0.39 is 10.0 Å². The van der Waals surface area contributed by atoms with Crippen molar-refractivity contribution in [1.82, 2.24) is 14.8 Å². The van der Waals surface area contributed by atoms with Crippen LogP contribution in [0.5, 0.6) is 0 Å². The fourth-order valence-corrected chi connectivity index (χ4v) is 4.03. The number of pyridine rings is 1. The number of hydrogen-bond acceptors (Lipinski definition) is 4. The number of aromatic nitrogens is 3. The summed E-state index contributed by atoms with van der Waals surface area (Å²) in [7, 11) is -1.99. The maximum Gasteiger partial charge on any atom is 0.263 e. The molecule has 1 aromatic carbocycles. The van der Waals surface area contributed by atoms with Crippen molar-refractivity contribution in [1.29, 1.82) is 0 Å². The molecular formula is C15H15ClN4O2S. The van der Waals surface area contributed by atoms with E-state index >= 15 is 0 Å². The number of nitrogens with one attached hydrogen (secondary N) is 1. The van der Waals surface area contributed by atoms with Crippen LogP contribution in [-0.4, -0.2) is 23.2 Å². The molecule has 0 spiro atoms. The van der Waals surface area contributed by atoms with Crippen molar-refractivity contribution in [2.45, 2.75) is 18.7 Å².